The van der Waals surface area contributed by atoms with E-state index in [0.29, 0.717) is 43.1 Å². The first-order chi connectivity index (χ1) is 22.8. The fourth-order valence-corrected chi connectivity index (χ4v) is 5.94. The van der Waals surface area contributed by atoms with E-state index in [9.17, 15) is 9.59 Å². The fraction of sp³-hybridized carbons (Fsp3) is 0.561. The molecule has 0 radical (unpaired) electrons. The normalized spacial score (nSPS) is 13.3. The molecule has 47 heavy (non-hydrogen) atoms. The van der Waals surface area contributed by atoms with Crippen molar-refractivity contribution in [1.29, 1.82) is 0 Å². The third-order valence-electron chi connectivity index (χ3n) is 8.87. The van der Waals surface area contributed by atoms with Gasteiger partial charge in [0, 0.05) is 43.8 Å². The third kappa shape index (κ3) is 14.2. The van der Waals surface area contributed by atoms with Gasteiger partial charge >= 0.3 is 11.9 Å². The minimum Gasteiger partial charge on any atom is -0.462 e. The molecule has 0 atom stereocenters. The van der Waals surface area contributed by atoms with Crippen LogP contribution in [0.2, 0.25) is 0 Å². The van der Waals surface area contributed by atoms with Crippen molar-refractivity contribution >= 4 is 11.9 Å². The maximum Gasteiger partial charge on any atom is 0.333 e. The Balaban J connectivity index is 1.76. The number of carbonyl (C=O) groups is 2. The number of rotatable bonds is 22. The number of hydrogen-bond donors (Lipinski definition) is 0. The van der Waals surface area contributed by atoms with Crippen molar-refractivity contribution in [2.24, 2.45) is 5.92 Å². The molecule has 0 amide bonds. The summed E-state index contributed by atoms with van der Waals surface area (Å²) < 4.78 is 22.5. The standard InChI is InChI=1S/C41H58O6/c1-6-7-8-9-10-11-12-13-35-15-16-37(29-36(35)21-26-46-40(42)31(2)3)39-17-14-33(18-25-45-30-34-19-23-44-24-20-34)28-38(39)22-27-47-41(43)32(4)5/h14-17,28-29,34H,2,4,6-13,18-27,30H2,1,3,5H3. The molecule has 1 saturated heterocycles. The van der Waals surface area contributed by atoms with Gasteiger partial charge in [-0.2, -0.15) is 0 Å². The Morgan fingerprint density at radius 2 is 1.36 bits per heavy atom. The molecular weight excluding hydrogens is 588 g/mol. The van der Waals surface area contributed by atoms with Crippen molar-refractivity contribution in [1.82, 2.24) is 0 Å². The van der Waals surface area contributed by atoms with Crippen LogP contribution in [0.3, 0.4) is 0 Å². The largest absolute Gasteiger partial charge is 0.462 e. The average molecular weight is 647 g/mol. The Bertz CT molecular complexity index is 1290. The van der Waals surface area contributed by atoms with E-state index >= 15 is 0 Å². The Hall–Kier alpha value is -3.22. The number of esters is 2. The summed E-state index contributed by atoms with van der Waals surface area (Å²) in [5.41, 5.74) is 7.87. The SMILES string of the molecule is C=C(C)C(=O)OCCc1cc(-c2ccc(CCOCC3CCOCC3)cc2CCOC(=O)C(=C)C)ccc1CCCCCCCCC. The number of aryl methyl sites for hydroxylation is 1. The van der Waals surface area contributed by atoms with E-state index in [1.807, 2.05) is 0 Å². The number of carbonyl (C=O) groups excluding carboxylic acids is 2. The van der Waals surface area contributed by atoms with Crippen molar-refractivity contribution < 1.29 is 28.5 Å². The summed E-state index contributed by atoms with van der Waals surface area (Å²) in [6, 6.07) is 13.3. The maximum absolute atomic E-state index is 12.1. The minimum atomic E-state index is -0.370. The molecule has 0 saturated carbocycles. The first-order valence-corrected chi connectivity index (χ1v) is 17.8. The molecule has 6 nitrogen and oxygen atoms in total. The topological polar surface area (TPSA) is 71.1 Å². The summed E-state index contributed by atoms with van der Waals surface area (Å²) in [5, 5.41) is 0. The van der Waals surface area contributed by atoms with Crippen LogP contribution in [0.15, 0.2) is 60.7 Å². The molecule has 6 heteroatoms. The second kappa shape index (κ2) is 21.6. The molecule has 1 aliphatic heterocycles. The van der Waals surface area contributed by atoms with Crippen LogP contribution in [0.25, 0.3) is 11.1 Å². The molecule has 258 valence electrons. The lowest BCUT2D eigenvalue weighted by Gasteiger charge is -2.21. The lowest BCUT2D eigenvalue weighted by molar-refractivity contribution is -0.139. The lowest BCUT2D eigenvalue weighted by Crippen LogP contribution is -2.20. The molecular formula is C41H58O6. The summed E-state index contributed by atoms with van der Waals surface area (Å²) >= 11 is 0. The number of unbranched alkanes of at least 4 members (excludes halogenated alkanes) is 6. The van der Waals surface area contributed by atoms with E-state index in [1.165, 1.54) is 55.2 Å². The van der Waals surface area contributed by atoms with E-state index < -0.39 is 0 Å². The summed E-state index contributed by atoms with van der Waals surface area (Å²) in [6.07, 6.45) is 14.1. The molecule has 0 N–H and O–H groups in total. The van der Waals surface area contributed by atoms with Gasteiger partial charge in [-0.15, -0.1) is 0 Å². The molecule has 3 rings (SSSR count). The number of hydrogen-bond acceptors (Lipinski definition) is 6. The van der Waals surface area contributed by atoms with E-state index in [4.69, 9.17) is 18.9 Å². The van der Waals surface area contributed by atoms with Gasteiger partial charge in [0.1, 0.15) is 0 Å². The molecule has 0 aliphatic carbocycles. The molecule has 0 unspecified atom stereocenters. The van der Waals surface area contributed by atoms with E-state index in [0.717, 1.165) is 68.6 Å². The van der Waals surface area contributed by atoms with Gasteiger partial charge < -0.3 is 18.9 Å². The van der Waals surface area contributed by atoms with Crippen LogP contribution in [0.5, 0.6) is 0 Å². The second-order valence-corrected chi connectivity index (χ2v) is 13.1. The van der Waals surface area contributed by atoms with Crippen LogP contribution in [0.4, 0.5) is 0 Å². The van der Waals surface area contributed by atoms with Gasteiger partial charge in [0.15, 0.2) is 0 Å². The predicted molar refractivity (Wildman–Crippen MR) is 191 cm³/mol. The summed E-state index contributed by atoms with van der Waals surface area (Å²) in [4.78, 5) is 24.2. The van der Waals surface area contributed by atoms with Crippen LogP contribution >= 0.6 is 0 Å². The average Bonchev–Trinajstić information content (AvgIpc) is 3.07. The second-order valence-electron chi connectivity index (χ2n) is 13.1. The zero-order chi connectivity index (χ0) is 33.9. The van der Waals surface area contributed by atoms with Crippen molar-refractivity contribution in [3.05, 3.63) is 83.0 Å². The Kier molecular flexibility index (Phi) is 17.6. The van der Waals surface area contributed by atoms with E-state index in [1.54, 1.807) is 13.8 Å². The Labute approximate surface area is 283 Å². The molecule has 0 aromatic heterocycles. The summed E-state index contributed by atoms with van der Waals surface area (Å²) in [5.74, 6) is -0.142. The van der Waals surface area contributed by atoms with Gasteiger partial charge in [-0.1, -0.05) is 95.0 Å². The molecule has 2 aromatic rings. The molecule has 1 aliphatic rings. The third-order valence-corrected chi connectivity index (χ3v) is 8.87. The highest BCUT2D eigenvalue weighted by molar-refractivity contribution is 5.87. The molecule has 2 aromatic carbocycles. The van der Waals surface area contributed by atoms with Gasteiger partial charge in [0.05, 0.1) is 19.8 Å². The smallest absolute Gasteiger partial charge is 0.333 e. The Morgan fingerprint density at radius 1 is 0.723 bits per heavy atom. The first-order valence-electron chi connectivity index (χ1n) is 17.8. The van der Waals surface area contributed by atoms with Crippen LogP contribution in [-0.2, 0) is 54.2 Å². The molecule has 0 bridgehead atoms. The highest BCUT2D eigenvalue weighted by Gasteiger charge is 2.15. The van der Waals surface area contributed by atoms with Crippen molar-refractivity contribution in [3.63, 3.8) is 0 Å². The van der Waals surface area contributed by atoms with Gasteiger partial charge in [-0.05, 0) is 85.3 Å². The number of ether oxygens (including phenoxy) is 4. The zero-order valence-electron chi connectivity index (χ0n) is 29.3. The number of benzene rings is 2. The van der Waals surface area contributed by atoms with Crippen LogP contribution in [0, 0.1) is 5.92 Å². The Morgan fingerprint density at radius 3 is 2.02 bits per heavy atom. The van der Waals surface area contributed by atoms with E-state index in [2.05, 4.69) is 56.5 Å². The van der Waals surface area contributed by atoms with Gasteiger partial charge in [-0.3, -0.25) is 0 Å². The fourth-order valence-electron chi connectivity index (χ4n) is 5.94. The predicted octanol–water partition coefficient (Wildman–Crippen LogP) is 8.96. The molecule has 1 heterocycles. The van der Waals surface area contributed by atoms with Crippen LogP contribution in [0.1, 0.15) is 101 Å². The highest BCUT2D eigenvalue weighted by atomic mass is 16.5. The van der Waals surface area contributed by atoms with Crippen molar-refractivity contribution in [2.75, 3.05) is 39.6 Å². The van der Waals surface area contributed by atoms with Crippen molar-refractivity contribution in [3.8, 4) is 11.1 Å². The zero-order valence-corrected chi connectivity index (χ0v) is 29.3. The monoisotopic (exact) mass is 646 g/mol. The molecule has 0 spiro atoms. The van der Waals surface area contributed by atoms with Crippen LogP contribution < -0.4 is 0 Å². The van der Waals surface area contributed by atoms with Gasteiger partial charge in [0.2, 0.25) is 0 Å². The minimum absolute atomic E-state index is 0.280. The highest BCUT2D eigenvalue weighted by Crippen LogP contribution is 2.29. The van der Waals surface area contributed by atoms with Gasteiger partial charge in [0.25, 0.3) is 0 Å². The molecule has 1 fully saturated rings. The van der Waals surface area contributed by atoms with Crippen LogP contribution in [-0.4, -0.2) is 51.6 Å². The lowest BCUT2D eigenvalue weighted by atomic mass is 9.90. The summed E-state index contributed by atoms with van der Waals surface area (Å²) in [7, 11) is 0. The van der Waals surface area contributed by atoms with Crippen molar-refractivity contribution in [2.45, 2.75) is 104 Å². The quantitative estimate of drug-likeness (QED) is 0.0723. The first kappa shape index (κ1) is 38.2. The maximum atomic E-state index is 12.1. The van der Waals surface area contributed by atoms with Gasteiger partial charge in [-0.25, -0.2) is 9.59 Å². The summed E-state index contributed by atoms with van der Waals surface area (Å²) in [6.45, 7) is 16.7. The van der Waals surface area contributed by atoms with E-state index in [-0.39, 0.29) is 18.5 Å².